The summed E-state index contributed by atoms with van der Waals surface area (Å²) in [7, 11) is 0. The van der Waals surface area contributed by atoms with Crippen molar-refractivity contribution in [3.63, 3.8) is 0 Å². The van der Waals surface area contributed by atoms with Gasteiger partial charge in [0.2, 0.25) is 5.91 Å². The highest BCUT2D eigenvalue weighted by Crippen LogP contribution is 2.26. The maximum Gasteiger partial charge on any atom is 0.224 e. The molecule has 1 unspecified atom stereocenters. The molecule has 0 bridgehead atoms. The van der Waals surface area contributed by atoms with Gasteiger partial charge < -0.3 is 10.6 Å². The van der Waals surface area contributed by atoms with E-state index in [2.05, 4.69) is 49.6 Å². The van der Waals surface area contributed by atoms with E-state index in [4.69, 9.17) is 0 Å². The molecule has 0 spiro atoms. The van der Waals surface area contributed by atoms with Gasteiger partial charge in [-0.2, -0.15) is 0 Å². The van der Waals surface area contributed by atoms with Crippen LogP contribution in [0.1, 0.15) is 44.2 Å². The molecule has 1 heterocycles. The van der Waals surface area contributed by atoms with Gasteiger partial charge in [-0.25, -0.2) is 0 Å². The van der Waals surface area contributed by atoms with Crippen LogP contribution in [0.4, 0.5) is 5.69 Å². The quantitative estimate of drug-likeness (QED) is 0.861. The lowest BCUT2D eigenvalue weighted by Gasteiger charge is -2.28. The van der Waals surface area contributed by atoms with Crippen LogP contribution in [0.2, 0.25) is 0 Å². The fraction of sp³-hybridized carbons (Fsp3) is 0.611. The molecule has 1 aliphatic rings. The molecular weight excluding hydrogens is 296 g/mol. The molecule has 3 nitrogen and oxygen atoms in total. The molecule has 2 N–H and O–H groups in total. The third-order valence-corrected chi connectivity index (χ3v) is 4.70. The van der Waals surface area contributed by atoms with E-state index >= 15 is 0 Å². The lowest BCUT2D eigenvalue weighted by Crippen LogP contribution is -2.32. The van der Waals surface area contributed by atoms with Crippen LogP contribution in [0, 0.1) is 18.8 Å². The summed E-state index contributed by atoms with van der Waals surface area (Å²) >= 11 is 0. The Morgan fingerprint density at radius 2 is 2.05 bits per heavy atom. The Morgan fingerprint density at radius 3 is 2.68 bits per heavy atom. The molecular formula is C18H29ClN2O. The van der Waals surface area contributed by atoms with Crippen molar-refractivity contribution in [2.75, 3.05) is 18.4 Å². The molecule has 1 saturated heterocycles. The van der Waals surface area contributed by atoms with Gasteiger partial charge in [-0.1, -0.05) is 32.0 Å². The van der Waals surface area contributed by atoms with Crippen molar-refractivity contribution in [2.45, 2.75) is 46.5 Å². The van der Waals surface area contributed by atoms with E-state index in [9.17, 15) is 4.79 Å². The Balaban J connectivity index is 0.00000242. The highest BCUT2D eigenvalue weighted by Gasteiger charge is 2.22. The molecule has 0 aromatic heterocycles. The predicted octanol–water partition coefficient (Wildman–Crippen LogP) is 3.94. The van der Waals surface area contributed by atoms with E-state index in [-0.39, 0.29) is 18.3 Å². The molecule has 22 heavy (non-hydrogen) atoms. The van der Waals surface area contributed by atoms with Crippen molar-refractivity contribution in [2.24, 2.45) is 11.8 Å². The smallest absolute Gasteiger partial charge is 0.224 e. The van der Waals surface area contributed by atoms with Crippen LogP contribution < -0.4 is 10.6 Å². The van der Waals surface area contributed by atoms with Crippen molar-refractivity contribution in [1.29, 1.82) is 0 Å². The Hall–Kier alpha value is -1.06. The number of aryl methyl sites for hydroxylation is 2. The van der Waals surface area contributed by atoms with Gasteiger partial charge >= 0.3 is 0 Å². The second kappa shape index (κ2) is 9.16. The van der Waals surface area contributed by atoms with Gasteiger partial charge in [-0.15, -0.1) is 12.4 Å². The van der Waals surface area contributed by atoms with Gasteiger partial charge in [0.25, 0.3) is 0 Å². The number of anilines is 1. The van der Waals surface area contributed by atoms with Gasteiger partial charge in [0.15, 0.2) is 0 Å². The number of hydrogen-bond acceptors (Lipinski definition) is 2. The molecule has 0 saturated carbocycles. The molecule has 1 fully saturated rings. The van der Waals surface area contributed by atoms with E-state index in [1.54, 1.807) is 0 Å². The lowest BCUT2D eigenvalue weighted by molar-refractivity contribution is -0.117. The standard InChI is InChI=1S/C18H28N2O.ClH/c1-4-15-7-5-6-13(2)18(15)20-17(21)12-14(3)16-8-10-19-11-9-16;/h5-7,14,16,19H,4,8-12H2,1-3H3,(H,20,21);1H. The molecule has 1 amide bonds. The van der Waals surface area contributed by atoms with E-state index in [0.717, 1.165) is 30.8 Å². The fourth-order valence-corrected chi connectivity index (χ4v) is 3.26. The van der Waals surface area contributed by atoms with Crippen LogP contribution >= 0.6 is 12.4 Å². The second-order valence-electron chi connectivity index (χ2n) is 6.28. The highest BCUT2D eigenvalue weighted by molar-refractivity contribution is 5.92. The molecule has 1 aliphatic heterocycles. The molecule has 1 aromatic rings. The molecule has 1 aromatic carbocycles. The average Bonchev–Trinajstić information content (AvgIpc) is 2.50. The zero-order chi connectivity index (χ0) is 15.2. The van der Waals surface area contributed by atoms with Gasteiger partial charge in [-0.3, -0.25) is 4.79 Å². The Bertz CT molecular complexity index is 484. The van der Waals surface area contributed by atoms with E-state index in [0.29, 0.717) is 18.3 Å². The van der Waals surface area contributed by atoms with Gasteiger partial charge in [0, 0.05) is 12.1 Å². The number of halogens is 1. The minimum Gasteiger partial charge on any atom is -0.326 e. The summed E-state index contributed by atoms with van der Waals surface area (Å²) in [5, 5.41) is 6.53. The average molecular weight is 325 g/mol. The Morgan fingerprint density at radius 1 is 1.36 bits per heavy atom. The highest BCUT2D eigenvalue weighted by atomic mass is 35.5. The van der Waals surface area contributed by atoms with Gasteiger partial charge in [0.1, 0.15) is 0 Å². The number of rotatable bonds is 5. The third-order valence-electron chi connectivity index (χ3n) is 4.70. The first kappa shape index (κ1) is 19.0. The first-order valence-electron chi connectivity index (χ1n) is 8.20. The normalized spacial score (nSPS) is 16.7. The zero-order valence-corrected chi connectivity index (χ0v) is 14.8. The number of benzene rings is 1. The maximum atomic E-state index is 12.4. The maximum absolute atomic E-state index is 12.4. The summed E-state index contributed by atoms with van der Waals surface area (Å²) in [5.74, 6) is 1.30. The summed E-state index contributed by atoms with van der Waals surface area (Å²) in [6, 6.07) is 6.21. The summed E-state index contributed by atoms with van der Waals surface area (Å²) in [5.41, 5.74) is 3.39. The van der Waals surface area contributed by atoms with Crippen molar-refractivity contribution < 1.29 is 4.79 Å². The second-order valence-corrected chi connectivity index (χ2v) is 6.28. The number of amides is 1. The molecule has 124 valence electrons. The summed E-state index contributed by atoms with van der Waals surface area (Å²) in [6.45, 7) is 8.59. The number of hydrogen-bond donors (Lipinski definition) is 2. The SMILES string of the molecule is CCc1cccc(C)c1NC(=O)CC(C)C1CCNCC1.Cl. The Kier molecular flexibility index (Phi) is 7.91. The van der Waals surface area contributed by atoms with Crippen LogP contribution in [-0.2, 0) is 11.2 Å². The zero-order valence-electron chi connectivity index (χ0n) is 13.9. The van der Waals surface area contributed by atoms with E-state index < -0.39 is 0 Å². The molecule has 4 heteroatoms. The Labute approximate surface area is 140 Å². The monoisotopic (exact) mass is 324 g/mol. The lowest BCUT2D eigenvalue weighted by atomic mass is 9.84. The van der Waals surface area contributed by atoms with E-state index in [1.165, 1.54) is 18.4 Å². The van der Waals surface area contributed by atoms with Crippen LogP contribution in [0.3, 0.4) is 0 Å². The first-order chi connectivity index (χ1) is 10.1. The predicted molar refractivity (Wildman–Crippen MR) is 95.8 cm³/mol. The van der Waals surface area contributed by atoms with Crippen LogP contribution in [-0.4, -0.2) is 19.0 Å². The van der Waals surface area contributed by atoms with Crippen LogP contribution in [0.15, 0.2) is 18.2 Å². The van der Waals surface area contributed by atoms with Crippen molar-refractivity contribution in [3.05, 3.63) is 29.3 Å². The summed E-state index contributed by atoms with van der Waals surface area (Å²) < 4.78 is 0. The number of carbonyl (C=O) groups is 1. The number of para-hydroxylation sites is 1. The van der Waals surface area contributed by atoms with E-state index in [1.807, 2.05) is 0 Å². The molecule has 1 atom stereocenters. The summed E-state index contributed by atoms with van der Waals surface area (Å²) in [4.78, 5) is 12.4. The largest absolute Gasteiger partial charge is 0.326 e. The number of carbonyl (C=O) groups excluding carboxylic acids is 1. The minimum atomic E-state index is 0. The van der Waals surface area contributed by atoms with Crippen molar-refractivity contribution >= 4 is 24.0 Å². The van der Waals surface area contributed by atoms with Crippen molar-refractivity contribution in [3.8, 4) is 0 Å². The molecule has 2 rings (SSSR count). The number of nitrogens with one attached hydrogen (secondary N) is 2. The minimum absolute atomic E-state index is 0. The summed E-state index contributed by atoms with van der Waals surface area (Å²) in [6.07, 6.45) is 3.96. The van der Waals surface area contributed by atoms with Crippen LogP contribution in [0.25, 0.3) is 0 Å². The third kappa shape index (κ3) is 4.99. The fourth-order valence-electron chi connectivity index (χ4n) is 3.26. The van der Waals surface area contributed by atoms with Crippen LogP contribution in [0.5, 0.6) is 0 Å². The molecule has 0 radical (unpaired) electrons. The molecule has 0 aliphatic carbocycles. The van der Waals surface area contributed by atoms with Crippen molar-refractivity contribution in [1.82, 2.24) is 5.32 Å². The van der Waals surface area contributed by atoms with Gasteiger partial charge in [-0.05, 0) is 62.2 Å². The first-order valence-corrected chi connectivity index (χ1v) is 8.20. The van der Waals surface area contributed by atoms with Gasteiger partial charge in [0.05, 0.1) is 0 Å². The number of piperidine rings is 1. The topological polar surface area (TPSA) is 41.1 Å².